The van der Waals surface area contributed by atoms with Crippen molar-refractivity contribution in [3.8, 4) is 5.75 Å². The van der Waals surface area contributed by atoms with Gasteiger partial charge in [0.05, 0.1) is 0 Å². The molecule has 0 unspecified atom stereocenters. The van der Waals surface area contributed by atoms with E-state index in [0.29, 0.717) is 6.10 Å². The maximum absolute atomic E-state index is 5.67. The number of hydrogen-bond donors (Lipinski definition) is 1. The van der Waals surface area contributed by atoms with E-state index in [1.54, 1.807) is 12.4 Å². The lowest BCUT2D eigenvalue weighted by Crippen LogP contribution is -2.19. The lowest BCUT2D eigenvalue weighted by molar-refractivity contribution is 0.223. The first-order valence-electron chi connectivity index (χ1n) is 4.22. The van der Waals surface area contributed by atoms with E-state index in [0.717, 1.165) is 25.3 Å². The second-order valence-electron chi connectivity index (χ2n) is 2.92. The molecule has 1 N–H and O–H groups in total. The van der Waals surface area contributed by atoms with E-state index in [4.69, 9.17) is 4.74 Å². The minimum Gasteiger partial charge on any atom is -0.489 e. The number of hydrogen-bond acceptors (Lipinski definition) is 3. The number of aromatic nitrogens is 1. The molecule has 0 bridgehead atoms. The number of ether oxygens (including phenoxy) is 1. The fourth-order valence-electron chi connectivity index (χ4n) is 1.34. The lowest BCUT2D eigenvalue weighted by atomic mass is 10.3. The second-order valence-corrected chi connectivity index (χ2v) is 2.92. The molecule has 0 radical (unpaired) electrons. The predicted octanol–water partition coefficient (Wildman–Crippen LogP) is 0.822. The van der Waals surface area contributed by atoms with Gasteiger partial charge in [-0.1, -0.05) is 0 Å². The Bertz CT molecular complexity index is 232. The summed E-state index contributed by atoms with van der Waals surface area (Å²) in [5.74, 6) is 0.915. The van der Waals surface area contributed by atoms with Crippen molar-refractivity contribution in [1.82, 2.24) is 10.3 Å². The van der Waals surface area contributed by atoms with Crippen molar-refractivity contribution in [2.24, 2.45) is 0 Å². The van der Waals surface area contributed by atoms with E-state index < -0.39 is 0 Å². The third-order valence-corrected chi connectivity index (χ3v) is 1.97. The highest BCUT2D eigenvalue weighted by molar-refractivity contribution is 5.17. The van der Waals surface area contributed by atoms with Gasteiger partial charge in [-0.05, 0) is 25.1 Å². The summed E-state index contributed by atoms with van der Waals surface area (Å²) in [5, 5.41) is 3.25. The van der Waals surface area contributed by atoms with Crippen molar-refractivity contribution in [3.05, 3.63) is 24.5 Å². The lowest BCUT2D eigenvalue weighted by Gasteiger charge is -2.11. The Balaban J connectivity index is 1.94. The average molecular weight is 164 g/mol. The van der Waals surface area contributed by atoms with Gasteiger partial charge in [0.2, 0.25) is 0 Å². The van der Waals surface area contributed by atoms with Crippen molar-refractivity contribution < 1.29 is 4.74 Å². The highest BCUT2D eigenvalue weighted by Gasteiger charge is 2.15. The molecule has 1 aromatic rings. The van der Waals surface area contributed by atoms with Crippen LogP contribution in [0.2, 0.25) is 0 Å². The van der Waals surface area contributed by atoms with Gasteiger partial charge < -0.3 is 10.1 Å². The highest BCUT2D eigenvalue weighted by Crippen LogP contribution is 2.12. The van der Waals surface area contributed by atoms with Crippen molar-refractivity contribution >= 4 is 0 Å². The molecule has 0 spiro atoms. The van der Waals surface area contributed by atoms with E-state index in [1.165, 1.54) is 0 Å². The molecule has 1 atom stereocenters. The summed E-state index contributed by atoms with van der Waals surface area (Å²) in [7, 11) is 0. The van der Waals surface area contributed by atoms with Crippen LogP contribution in [0.5, 0.6) is 5.75 Å². The molecule has 64 valence electrons. The van der Waals surface area contributed by atoms with Crippen LogP contribution in [0.15, 0.2) is 24.5 Å². The smallest absolute Gasteiger partial charge is 0.122 e. The standard InChI is InChI=1S/C9H12N2O/c1-4-10-5-2-8(1)12-9-3-6-11-7-9/h1-2,4-5,9,11H,3,6-7H2/t9-/m1/s1. The quantitative estimate of drug-likeness (QED) is 0.702. The Kier molecular flexibility index (Phi) is 2.23. The Morgan fingerprint density at radius 2 is 2.25 bits per heavy atom. The number of rotatable bonds is 2. The van der Waals surface area contributed by atoms with Crippen LogP contribution in [0.1, 0.15) is 6.42 Å². The monoisotopic (exact) mass is 164 g/mol. The number of nitrogens with zero attached hydrogens (tertiary/aromatic N) is 1. The maximum Gasteiger partial charge on any atom is 0.122 e. The van der Waals surface area contributed by atoms with Gasteiger partial charge in [0.15, 0.2) is 0 Å². The Labute approximate surface area is 71.8 Å². The summed E-state index contributed by atoms with van der Waals surface area (Å²) < 4.78 is 5.67. The molecule has 0 amide bonds. The van der Waals surface area contributed by atoms with Gasteiger partial charge in [-0.3, -0.25) is 4.98 Å². The largest absolute Gasteiger partial charge is 0.489 e. The van der Waals surface area contributed by atoms with E-state index in [1.807, 2.05) is 12.1 Å². The van der Waals surface area contributed by atoms with Crippen molar-refractivity contribution in [1.29, 1.82) is 0 Å². The van der Waals surface area contributed by atoms with Crippen molar-refractivity contribution in [2.45, 2.75) is 12.5 Å². The van der Waals surface area contributed by atoms with Gasteiger partial charge in [0, 0.05) is 18.9 Å². The van der Waals surface area contributed by atoms with E-state index >= 15 is 0 Å². The molecule has 0 saturated carbocycles. The first-order chi connectivity index (χ1) is 5.95. The van der Waals surface area contributed by atoms with Gasteiger partial charge in [-0.25, -0.2) is 0 Å². The van der Waals surface area contributed by atoms with Gasteiger partial charge in [0.1, 0.15) is 11.9 Å². The summed E-state index contributed by atoms with van der Waals surface area (Å²) in [4.78, 5) is 3.92. The zero-order valence-electron chi connectivity index (χ0n) is 6.86. The van der Waals surface area contributed by atoms with Crippen molar-refractivity contribution in [2.75, 3.05) is 13.1 Å². The first kappa shape index (κ1) is 7.55. The highest BCUT2D eigenvalue weighted by atomic mass is 16.5. The molecular weight excluding hydrogens is 152 g/mol. The number of nitrogens with one attached hydrogen (secondary N) is 1. The summed E-state index contributed by atoms with van der Waals surface area (Å²) in [6.45, 7) is 2.03. The average Bonchev–Trinajstić information content (AvgIpc) is 2.59. The molecule has 1 saturated heterocycles. The first-order valence-corrected chi connectivity index (χ1v) is 4.22. The van der Waals surface area contributed by atoms with Gasteiger partial charge >= 0.3 is 0 Å². The van der Waals surface area contributed by atoms with Crippen LogP contribution in [0.4, 0.5) is 0 Å². The van der Waals surface area contributed by atoms with Gasteiger partial charge in [-0.15, -0.1) is 0 Å². The van der Waals surface area contributed by atoms with Crippen LogP contribution in [-0.4, -0.2) is 24.2 Å². The third-order valence-electron chi connectivity index (χ3n) is 1.97. The van der Waals surface area contributed by atoms with E-state index in [2.05, 4.69) is 10.3 Å². The molecule has 1 fully saturated rings. The normalized spacial score (nSPS) is 22.5. The van der Waals surface area contributed by atoms with Crippen LogP contribution in [0.3, 0.4) is 0 Å². The summed E-state index contributed by atoms with van der Waals surface area (Å²) in [6, 6.07) is 3.77. The van der Waals surface area contributed by atoms with Crippen molar-refractivity contribution in [3.63, 3.8) is 0 Å². The Morgan fingerprint density at radius 3 is 2.92 bits per heavy atom. The Morgan fingerprint density at radius 1 is 1.42 bits per heavy atom. The third kappa shape index (κ3) is 1.74. The van der Waals surface area contributed by atoms with Crippen LogP contribution in [0.25, 0.3) is 0 Å². The fraction of sp³-hybridized carbons (Fsp3) is 0.444. The molecule has 3 heteroatoms. The fourth-order valence-corrected chi connectivity index (χ4v) is 1.34. The minimum atomic E-state index is 0.340. The van der Waals surface area contributed by atoms with Crippen LogP contribution < -0.4 is 10.1 Å². The molecule has 1 aliphatic heterocycles. The number of pyridine rings is 1. The zero-order chi connectivity index (χ0) is 8.23. The molecule has 0 aromatic carbocycles. The predicted molar refractivity (Wildman–Crippen MR) is 46.1 cm³/mol. The van der Waals surface area contributed by atoms with Crippen LogP contribution >= 0.6 is 0 Å². The Hall–Kier alpha value is -1.09. The minimum absolute atomic E-state index is 0.340. The molecule has 0 aliphatic carbocycles. The molecule has 2 rings (SSSR count). The zero-order valence-corrected chi connectivity index (χ0v) is 6.86. The maximum atomic E-state index is 5.67. The van der Waals surface area contributed by atoms with Gasteiger partial charge in [-0.2, -0.15) is 0 Å². The summed E-state index contributed by atoms with van der Waals surface area (Å²) in [6.07, 6.45) is 4.94. The van der Waals surface area contributed by atoms with Crippen LogP contribution in [-0.2, 0) is 0 Å². The molecule has 12 heavy (non-hydrogen) atoms. The van der Waals surface area contributed by atoms with Crippen LogP contribution in [0, 0.1) is 0 Å². The second kappa shape index (κ2) is 3.54. The van der Waals surface area contributed by atoms with E-state index in [9.17, 15) is 0 Å². The summed E-state index contributed by atoms with van der Waals surface area (Å²) >= 11 is 0. The molecular formula is C9H12N2O. The molecule has 2 heterocycles. The van der Waals surface area contributed by atoms with E-state index in [-0.39, 0.29) is 0 Å². The SMILES string of the molecule is c1cc(O[C@@H]2CCNC2)ccn1. The molecule has 1 aliphatic rings. The summed E-state index contributed by atoms with van der Waals surface area (Å²) in [5.41, 5.74) is 0. The molecule has 3 nitrogen and oxygen atoms in total. The molecule has 1 aromatic heterocycles. The van der Waals surface area contributed by atoms with Gasteiger partial charge in [0.25, 0.3) is 0 Å². The topological polar surface area (TPSA) is 34.1 Å².